The number of nitrogens with zero attached hydrogens (tertiary/aromatic N) is 4. The number of terminal acetylenes is 1. The fraction of sp³-hybridized carbons (Fsp3) is 0.353. The molecule has 0 atom stereocenters. The summed E-state index contributed by atoms with van der Waals surface area (Å²) in [5.41, 5.74) is 2.81. The summed E-state index contributed by atoms with van der Waals surface area (Å²) < 4.78 is 1.45. The molecule has 0 aliphatic carbocycles. The molecule has 0 unspecified atom stereocenters. The van der Waals surface area contributed by atoms with Crippen LogP contribution in [0.4, 0.5) is 5.95 Å². The molecule has 0 bridgehead atoms. The fourth-order valence-electron chi connectivity index (χ4n) is 2.50. The van der Waals surface area contributed by atoms with E-state index >= 15 is 0 Å². The van der Waals surface area contributed by atoms with Gasteiger partial charge in [0.05, 0.1) is 6.54 Å². The summed E-state index contributed by atoms with van der Waals surface area (Å²) in [6.45, 7) is 4.28. The minimum atomic E-state index is -0.412. The number of hydrogen-bond donors (Lipinski definition) is 1. The van der Waals surface area contributed by atoms with Crippen molar-refractivity contribution in [2.75, 3.05) is 11.6 Å². The number of anilines is 1. The van der Waals surface area contributed by atoms with Gasteiger partial charge in [0, 0.05) is 12.6 Å². The highest BCUT2D eigenvalue weighted by atomic mass is 16.1. The first kappa shape index (κ1) is 16.7. The van der Waals surface area contributed by atoms with Gasteiger partial charge in [-0.2, -0.15) is 9.97 Å². The predicted molar refractivity (Wildman–Crippen MR) is 91.8 cm³/mol. The Morgan fingerprint density at radius 1 is 1.26 bits per heavy atom. The maximum Gasteiger partial charge on any atom is 0.352 e. The zero-order chi connectivity index (χ0) is 17.0. The monoisotopic (exact) mass is 311 g/mol. The molecule has 23 heavy (non-hydrogen) atoms. The Balaban J connectivity index is 2.74. The Labute approximate surface area is 136 Å². The first-order valence-electron chi connectivity index (χ1n) is 7.55. The molecule has 0 saturated heterocycles. The normalized spacial score (nSPS) is 10.4. The number of aryl methyl sites for hydroxylation is 2. The van der Waals surface area contributed by atoms with Crippen molar-refractivity contribution in [2.45, 2.75) is 26.7 Å². The Morgan fingerprint density at radius 2 is 1.87 bits per heavy atom. The molecule has 2 N–H and O–H groups in total. The highest BCUT2D eigenvalue weighted by Crippen LogP contribution is 2.27. The van der Waals surface area contributed by atoms with Gasteiger partial charge in [0.2, 0.25) is 5.95 Å². The van der Waals surface area contributed by atoms with E-state index in [0.717, 1.165) is 29.5 Å². The van der Waals surface area contributed by atoms with Crippen molar-refractivity contribution in [2.24, 2.45) is 12.9 Å². The average molecular weight is 311 g/mol. The summed E-state index contributed by atoms with van der Waals surface area (Å²) in [6, 6.07) is 6.11. The van der Waals surface area contributed by atoms with Crippen molar-refractivity contribution >= 4 is 5.95 Å². The van der Waals surface area contributed by atoms with Crippen molar-refractivity contribution in [1.29, 1.82) is 0 Å². The molecule has 120 valence electrons. The van der Waals surface area contributed by atoms with Crippen LogP contribution in [0.2, 0.25) is 0 Å². The molecule has 0 saturated carbocycles. The van der Waals surface area contributed by atoms with E-state index in [1.807, 2.05) is 18.2 Å². The van der Waals surface area contributed by atoms with Gasteiger partial charge >= 0.3 is 5.69 Å². The van der Waals surface area contributed by atoms with Gasteiger partial charge in [-0.05, 0) is 24.0 Å². The molecule has 6 nitrogen and oxygen atoms in total. The van der Waals surface area contributed by atoms with Crippen molar-refractivity contribution in [1.82, 2.24) is 14.5 Å². The standard InChI is InChI=1S/C17H21N5O/c1-5-11-22(18)16-19-15(21(4)17(23)20-16)14-12(6-2)9-8-10-13(14)7-3/h1,8-10H,6-7,11,18H2,2-4H3. The van der Waals surface area contributed by atoms with Crippen molar-refractivity contribution in [3.05, 3.63) is 39.8 Å². The summed E-state index contributed by atoms with van der Waals surface area (Å²) in [6.07, 6.45) is 6.95. The largest absolute Gasteiger partial charge is 0.352 e. The number of hydrazine groups is 1. The molecule has 0 radical (unpaired) electrons. The molecule has 0 aliphatic heterocycles. The maximum atomic E-state index is 12.2. The van der Waals surface area contributed by atoms with Gasteiger partial charge in [-0.25, -0.2) is 10.6 Å². The summed E-state index contributed by atoms with van der Waals surface area (Å²) in [7, 11) is 1.66. The third kappa shape index (κ3) is 3.25. The predicted octanol–water partition coefficient (Wildman–Crippen LogP) is 1.28. The molecule has 1 aromatic carbocycles. The molecule has 0 aliphatic rings. The Kier molecular flexibility index (Phi) is 5.14. The average Bonchev–Trinajstić information content (AvgIpc) is 2.56. The van der Waals surface area contributed by atoms with E-state index in [0.29, 0.717) is 5.82 Å². The second-order valence-electron chi connectivity index (χ2n) is 5.18. The first-order valence-corrected chi connectivity index (χ1v) is 7.55. The second-order valence-corrected chi connectivity index (χ2v) is 5.18. The van der Waals surface area contributed by atoms with Crippen LogP contribution < -0.4 is 16.5 Å². The lowest BCUT2D eigenvalue weighted by atomic mass is 9.97. The molecule has 1 aromatic heterocycles. The van der Waals surface area contributed by atoms with Crippen molar-refractivity contribution in [3.8, 4) is 23.7 Å². The highest BCUT2D eigenvalue weighted by molar-refractivity contribution is 5.66. The quantitative estimate of drug-likeness (QED) is 0.511. The van der Waals surface area contributed by atoms with Crippen LogP contribution in [-0.4, -0.2) is 21.1 Å². The van der Waals surface area contributed by atoms with Gasteiger partial charge < -0.3 is 0 Å². The topological polar surface area (TPSA) is 77.0 Å². The molecule has 1 heterocycles. The number of nitrogens with two attached hydrogens (primary N) is 1. The smallest absolute Gasteiger partial charge is 0.279 e. The van der Waals surface area contributed by atoms with Crippen LogP contribution in [-0.2, 0) is 19.9 Å². The number of hydrogen-bond acceptors (Lipinski definition) is 5. The summed E-state index contributed by atoms with van der Waals surface area (Å²) in [5, 5.41) is 1.20. The van der Waals surface area contributed by atoms with E-state index in [2.05, 4.69) is 29.7 Å². The van der Waals surface area contributed by atoms with Crippen LogP contribution in [0.25, 0.3) is 11.4 Å². The van der Waals surface area contributed by atoms with Crippen molar-refractivity contribution < 1.29 is 0 Å². The minimum absolute atomic E-state index is 0.128. The Hall–Kier alpha value is -2.65. The Morgan fingerprint density at radius 3 is 2.39 bits per heavy atom. The molecule has 6 heteroatoms. The maximum absolute atomic E-state index is 12.2. The van der Waals surface area contributed by atoms with E-state index < -0.39 is 5.69 Å². The van der Waals surface area contributed by atoms with Crippen LogP contribution in [0.3, 0.4) is 0 Å². The first-order chi connectivity index (χ1) is 11.0. The summed E-state index contributed by atoms with van der Waals surface area (Å²) in [4.78, 5) is 20.6. The van der Waals surface area contributed by atoms with Gasteiger partial charge in [0.15, 0.2) is 0 Å². The molecule has 0 spiro atoms. The highest BCUT2D eigenvalue weighted by Gasteiger charge is 2.17. The van der Waals surface area contributed by atoms with E-state index in [1.54, 1.807) is 7.05 Å². The number of benzene rings is 1. The lowest BCUT2D eigenvalue weighted by molar-refractivity contribution is 0.755. The van der Waals surface area contributed by atoms with Crippen molar-refractivity contribution in [3.63, 3.8) is 0 Å². The molecule has 2 aromatic rings. The Bertz CT molecular complexity index is 781. The van der Waals surface area contributed by atoms with E-state index in [9.17, 15) is 4.79 Å². The second kappa shape index (κ2) is 7.07. The van der Waals surface area contributed by atoms with Gasteiger partial charge in [0.25, 0.3) is 0 Å². The van der Waals surface area contributed by atoms with E-state index in [1.165, 1.54) is 9.58 Å². The van der Waals surface area contributed by atoms with Crippen LogP contribution in [0.15, 0.2) is 23.0 Å². The fourth-order valence-corrected chi connectivity index (χ4v) is 2.50. The van der Waals surface area contributed by atoms with Crippen LogP contribution in [0.1, 0.15) is 25.0 Å². The molecular formula is C17H21N5O. The molecule has 0 amide bonds. The van der Waals surface area contributed by atoms with Gasteiger partial charge in [-0.3, -0.25) is 9.58 Å². The van der Waals surface area contributed by atoms with Gasteiger partial charge in [-0.15, -0.1) is 6.42 Å². The van der Waals surface area contributed by atoms with Crippen LogP contribution in [0, 0.1) is 12.3 Å². The summed E-state index contributed by atoms with van der Waals surface area (Å²) >= 11 is 0. The van der Waals surface area contributed by atoms with E-state index in [-0.39, 0.29) is 12.5 Å². The van der Waals surface area contributed by atoms with E-state index in [4.69, 9.17) is 12.3 Å². The zero-order valence-electron chi connectivity index (χ0n) is 13.7. The molecule has 2 rings (SSSR count). The third-order valence-corrected chi connectivity index (χ3v) is 3.75. The molecule has 0 fully saturated rings. The minimum Gasteiger partial charge on any atom is -0.279 e. The van der Waals surface area contributed by atoms with Crippen LogP contribution in [0.5, 0.6) is 0 Å². The number of rotatable bonds is 5. The van der Waals surface area contributed by atoms with Gasteiger partial charge in [-0.1, -0.05) is 38.0 Å². The van der Waals surface area contributed by atoms with Crippen LogP contribution >= 0.6 is 0 Å². The summed E-state index contributed by atoms with van der Waals surface area (Å²) in [5.74, 6) is 8.94. The van der Waals surface area contributed by atoms with Gasteiger partial charge in [0.1, 0.15) is 5.82 Å². The number of aromatic nitrogens is 3. The zero-order valence-corrected chi connectivity index (χ0v) is 13.7. The lowest BCUT2D eigenvalue weighted by Crippen LogP contribution is -2.36. The third-order valence-electron chi connectivity index (χ3n) is 3.75. The SMILES string of the molecule is C#CCN(N)c1nc(-c2c(CC)cccc2CC)n(C)c(=O)n1. The lowest BCUT2D eigenvalue weighted by Gasteiger charge is -2.18. The molecular weight excluding hydrogens is 290 g/mol.